The number of rotatable bonds is 7. The maximum absolute atomic E-state index is 11.9. The van der Waals surface area contributed by atoms with Crippen molar-refractivity contribution in [1.29, 1.82) is 0 Å². The number of imidazole rings is 1. The number of anilines is 1. The first-order valence-corrected chi connectivity index (χ1v) is 7.18. The Morgan fingerprint density at radius 1 is 1.33 bits per heavy atom. The summed E-state index contributed by atoms with van der Waals surface area (Å²) in [6, 6.07) is 10.1. The van der Waals surface area contributed by atoms with Crippen LogP contribution in [0.25, 0.3) is 0 Å². The lowest BCUT2D eigenvalue weighted by Crippen LogP contribution is -2.37. The molecular weight excluding hydrogens is 264 g/mol. The van der Waals surface area contributed by atoms with Crippen molar-refractivity contribution in [3.8, 4) is 0 Å². The Hall–Kier alpha value is -2.30. The molecule has 1 aromatic carbocycles. The summed E-state index contributed by atoms with van der Waals surface area (Å²) in [5.41, 5.74) is 2.13. The van der Waals surface area contributed by atoms with Crippen LogP contribution in [0.5, 0.6) is 0 Å². The van der Waals surface area contributed by atoms with Crippen molar-refractivity contribution in [1.82, 2.24) is 14.9 Å². The number of hydrogen-bond donors (Lipinski definition) is 2. The van der Waals surface area contributed by atoms with Gasteiger partial charge in [-0.15, -0.1) is 0 Å². The van der Waals surface area contributed by atoms with Crippen molar-refractivity contribution in [2.45, 2.75) is 25.8 Å². The molecule has 0 aliphatic carbocycles. The fourth-order valence-corrected chi connectivity index (χ4v) is 2.09. The number of aryl methyl sites for hydroxylation is 2. The molecule has 0 saturated heterocycles. The van der Waals surface area contributed by atoms with Crippen molar-refractivity contribution in [2.24, 2.45) is 7.05 Å². The van der Waals surface area contributed by atoms with E-state index in [-0.39, 0.29) is 11.9 Å². The van der Waals surface area contributed by atoms with Gasteiger partial charge in [0.15, 0.2) is 0 Å². The molecule has 0 spiro atoms. The molecule has 0 saturated carbocycles. The van der Waals surface area contributed by atoms with Gasteiger partial charge in [0, 0.05) is 43.6 Å². The zero-order chi connectivity index (χ0) is 15.1. The van der Waals surface area contributed by atoms with E-state index in [1.807, 2.05) is 48.9 Å². The zero-order valence-electron chi connectivity index (χ0n) is 12.5. The van der Waals surface area contributed by atoms with Gasteiger partial charge in [0.1, 0.15) is 0 Å². The first kappa shape index (κ1) is 15.1. The van der Waals surface area contributed by atoms with E-state index in [0.29, 0.717) is 19.4 Å². The van der Waals surface area contributed by atoms with E-state index in [9.17, 15) is 4.79 Å². The van der Waals surface area contributed by atoms with Crippen LogP contribution in [0.3, 0.4) is 0 Å². The predicted molar refractivity (Wildman–Crippen MR) is 84.1 cm³/mol. The molecule has 0 bridgehead atoms. The molecular formula is C16H22N4O. The van der Waals surface area contributed by atoms with Crippen molar-refractivity contribution >= 4 is 11.6 Å². The molecule has 1 heterocycles. The summed E-state index contributed by atoms with van der Waals surface area (Å²) in [4.78, 5) is 15.9. The minimum Gasteiger partial charge on any atom is -0.383 e. The van der Waals surface area contributed by atoms with Crippen LogP contribution in [0.4, 0.5) is 5.69 Å². The molecule has 1 aromatic heterocycles. The van der Waals surface area contributed by atoms with Gasteiger partial charge in [-0.1, -0.05) is 18.2 Å². The van der Waals surface area contributed by atoms with Gasteiger partial charge in [0.05, 0.1) is 6.33 Å². The monoisotopic (exact) mass is 286 g/mol. The van der Waals surface area contributed by atoms with Crippen LogP contribution < -0.4 is 10.6 Å². The largest absolute Gasteiger partial charge is 0.383 e. The number of carbonyl (C=O) groups excluding carboxylic acids is 1. The summed E-state index contributed by atoms with van der Waals surface area (Å²) < 4.78 is 1.94. The highest BCUT2D eigenvalue weighted by atomic mass is 16.1. The third-order valence-corrected chi connectivity index (χ3v) is 3.32. The summed E-state index contributed by atoms with van der Waals surface area (Å²) in [7, 11) is 1.94. The maximum atomic E-state index is 11.9. The Morgan fingerprint density at radius 2 is 2.10 bits per heavy atom. The minimum atomic E-state index is 0.0681. The molecule has 2 rings (SSSR count). The van der Waals surface area contributed by atoms with Crippen LogP contribution >= 0.6 is 0 Å². The highest BCUT2D eigenvalue weighted by molar-refractivity contribution is 5.76. The molecule has 112 valence electrons. The van der Waals surface area contributed by atoms with E-state index in [0.717, 1.165) is 11.4 Å². The number of carbonyl (C=O) groups is 1. The second-order valence-corrected chi connectivity index (χ2v) is 5.21. The summed E-state index contributed by atoms with van der Waals surface area (Å²) in [5.74, 6) is 0.0681. The summed E-state index contributed by atoms with van der Waals surface area (Å²) in [5, 5.41) is 6.30. The predicted octanol–water partition coefficient (Wildman–Crippen LogP) is 1.97. The van der Waals surface area contributed by atoms with E-state index in [2.05, 4.69) is 15.6 Å². The average Bonchev–Trinajstić information content (AvgIpc) is 2.89. The fraction of sp³-hybridized carbons (Fsp3) is 0.375. The minimum absolute atomic E-state index is 0.0681. The third-order valence-electron chi connectivity index (χ3n) is 3.32. The number of nitrogens with zero attached hydrogens (tertiary/aromatic N) is 2. The molecule has 0 aliphatic heterocycles. The lowest BCUT2D eigenvalue weighted by atomic mass is 10.2. The molecule has 5 heteroatoms. The van der Waals surface area contributed by atoms with Crippen molar-refractivity contribution in [3.05, 3.63) is 48.5 Å². The average molecular weight is 286 g/mol. The van der Waals surface area contributed by atoms with E-state index in [1.165, 1.54) is 0 Å². The van der Waals surface area contributed by atoms with Crippen LogP contribution in [0.1, 0.15) is 19.0 Å². The molecule has 1 atom stereocenters. The lowest BCUT2D eigenvalue weighted by molar-refractivity contribution is -0.121. The topological polar surface area (TPSA) is 58.9 Å². The SMILES string of the molecule is CC(CNc1ccccc1)NC(=O)CCc1cncn1C. The van der Waals surface area contributed by atoms with Crippen LogP contribution in [-0.4, -0.2) is 28.0 Å². The molecule has 1 amide bonds. The van der Waals surface area contributed by atoms with Gasteiger partial charge < -0.3 is 15.2 Å². The molecule has 2 aromatic rings. The van der Waals surface area contributed by atoms with Gasteiger partial charge in [0.25, 0.3) is 0 Å². The number of nitrogens with one attached hydrogen (secondary N) is 2. The second kappa shape index (κ2) is 7.47. The first-order valence-electron chi connectivity index (χ1n) is 7.18. The van der Waals surface area contributed by atoms with Crippen LogP contribution in [0.15, 0.2) is 42.9 Å². The lowest BCUT2D eigenvalue weighted by Gasteiger charge is -2.15. The first-order chi connectivity index (χ1) is 10.1. The molecule has 21 heavy (non-hydrogen) atoms. The maximum Gasteiger partial charge on any atom is 0.220 e. The fourth-order valence-electron chi connectivity index (χ4n) is 2.09. The van der Waals surface area contributed by atoms with E-state index < -0.39 is 0 Å². The third kappa shape index (κ3) is 4.95. The Labute approximate surface area is 125 Å². The highest BCUT2D eigenvalue weighted by Gasteiger charge is 2.08. The van der Waals surface area contributed by atoms with Crippen molar-refractivity contribution in [3.63, 3.8) is 0 Å². The molecule has 0 aliphatic rings. The Bertz CT molecular complexity index is 565. The van der Waals surface area contributed by atoms with Crippen LogP contribution in [0.2, 0.25) is 0 Å². The number of hydrogen-bond acceptors (Lipinski definition) is 3. The number of benzene rings is 1. The summed E-state index contributed by atoms with van der Waals surface area (Å²) in [6.45, 7) is 2.71. The van der Waals surface area contributed by atoms with E-state index in [1.54, 1.807) is 12.5 Å². The Balaban J connectivity index is 1.68. The number of amides is 1. The van der Waals surface area contributed by atoms with E-state index in [4.69, 9.17) is 0 Å². The molecule has 2 N–H and O–H groups in total. The molecule has 1 unspecified atom stereocenters. The van der Waals surface area contributed by atoms with Crippen LogP contribution in [-0.2, 0) is 18.3 Å². The number of aromatic nitrogens is 2. The van der Waals surface area contributed by atoms with Crippen molar-refractivity contribution in [2.75, 3.05) is 11.9 Å². The normalized spacial score (nSPS) is 11.9. The smallest absolute Gasteiger partial charge is 0.220 e. The summed E-state index contributed by atoms with van der Waals surface area (Å²) in [6.07, 6.45) is 4.74. The zero-order valence-corrected chi connectivity index (χ0v) is 12.5. The van der Waals surface area contributed by atoms with Gasteiger partial charge >= 0.3 is 0 Å². The standard InChI is InChI=1S/C16H22N4O/c1-13(10-18-14-6-4-3-5-7-14)19-16(21)9-8-15-11-17-12-20(15)2/h3-7,11-13,18H,8-10H2,1-2H3,(H,19,21). The highest BCUT2D eigenvalue weighted by Crippen LogP contribution is 2.05. The molecule has 0 radical (unpaired) electrons. The van der Waals surface area contributed by atoms with Gasteiger partial charge in [-0.3, -0.25) is 4.79 Å². The van der Waals surface area contributed by atoms with Crippen LogP contribution in [0, 0.1) is 0 Å². The summed E-state index contributed by atoms with van der Waals surface area (Å²) >= 11 is 0. The molecule has 5 nitrogen and oxygen atoms in total. The molecule has 0 fully saturated rings. The number of para-hydroxylation sites is 1. The second-order valence-electron chi connectivity index (χ2n) is 5.21. The van der Waals surface area contributed by atoms with Gasteiger partial charge in [0.2, 0.25) is 5.91 Å². The van der Waals surface area contributed by atoms with Gasteiger partial charge in [-0.05, 0) is 25.5 Å². The Morgan fingerprint density at radius 3 is 2.76 bits per heavy atom. The van der Waals surface area contributed by atoms with Gasteiger partial charge in [-0.25, -0.2) is 4.98 Å². The Kier molecular flexibility index (Phi) is 5.37. The quantitative estimate of drug-likeness (QED) is 0.818. The van der Waals surface area contributed by atoms with E-state index >= 15 is 0 Å². The van der Waals surface area contributed by atoms with Gasteiger partial charge in [-0.2, -0.15) is 0 Å². The van der Waals surface area contributed by atoms with Crippen molar-refractivity contribution < 1.29 is 4.79 Å².